The summed E-state index contributed by atoms with van der Waals surface area (Å²) < 4.78 is 0. The minimum absolute atomic E-state index is 0.116. The van der Waals surface area contributed by atoms with Crippen molar-refractivity contribution in [2.45, 2.75) is 12.8 Å². The summed E-state index contributed by atoms with van der Waals surface area (Å²) in [5.74, 6) is 5.78. The third-order valence-corrected chi connectivity index (χ3v) is 3.25. The van der Waals surface area contributed by atoms with Crippen LogP contribution in [-0.2, 0) is 4.79 Å². The van der Waals surface area contributed by atoms with Gasteiger partial charge in [-0.2, -0.15) is 0 Å². The molecular formula is C15H17NO2. The summed E-state index contributed by atoms with van der Waals surface area (Å²) in [6, 6.07) is 9.51. The number of aliphatic hydroxyl groups is 1. The summed E-state index contributed by atoms with van der Waals surface area (Å²) >= 11 is 0. The van der Waals surface area contributed by atoms with E-state index in [9.17, 15) is 4.79 Å². The maximum absolute atomic E-state index is 11.9. The van der Waals surface area contributed by atoms with Crippen molar-refractivity contribution in [3.63, 3.8) is 0 Å². The monoisotopic (exact) mass is 243 g/mol. The summed E-state index contributed by atoms with van der Waals surface area (Å²) in [6.45, 7) is 1.62. The fraction of sp³-hybridized carbons (Fsp3) is 0.400. The molecule has 0 bridgehead atoms. The van der Waals surface area contributed by atoms with Crippen LogP contribution in [0.25, 0.3) is 0 Å². The first-order valence-corrected chi connectivity index (χ1v) is 6.26. The minimum Gasteiger partial charge on any atom is -0.396 e. The highest BCUT2D eigenvalue weighted by Gasteiger charge is 2.20. The van der Waals surface area contributed by atoms with Gasteiger partial charge in [0.25, 0.3) is 5.91 Å². The highest BCUT2D eigenvalue weighted by Crippen LogP contribution is 2.16. The number of carbonyl (C=O) groups is 1. The summed E-state index contributed by atoms with van der Waals surface area (Å²) in [5, 5.41) is 9.04. The van der Waals surface area contributed by atoms with Gasteiger partial charge in [0.05, 0.1) is 0 Å². The smallest absolute Gasteiger partial charge is 0.298 e. The fourth-order valence-corrected chi connectivity index (χ4v) is 2.04. The van der Waals surface area contributed by atoms with Crippen molar-refractivity contribution in [3.05, 3.63) is 35.9 Å². The highest BCUT2D eigenvalue weighted by atomic mass is 16.3. The van der Waals surface area contributed by atoms with E-state index in [-0.39, 0.29) is 12.5 Å². The van der Waals surface area contributed by atoms with Gasteiger partial charge in [0.1, 0.15) is 0 Å². The Morgan fingerprint density at radius 3 is 2.56 bits per heavy atom. The topological polar surface area (TPSA) is 40.5 Å². The van der Waals surface area contributed by atoms with Crippen molar-refractivity contribution >= 4 is 5.91 Å². The maximum Gasteiger partial charge on any atom is 0.298 e. The molecular weight excluding hydrogens is 226 g/mol. The second-order valence-electron chi connectivity index (χ2n) is 4.53. The van der Waals surface area contributed by atoms with E-state index in [1.807, 2.05) is 30.3 Å². The van der Waals surface area contributed by atoms with Gasteiger partial charge in [-0.1, -0.05) is 24.1 Å². The normalized spacial score (nSPS) is 15.9. The Kier molecular flexibility index (Phi) is 4.38. The number of carbonyl (C=O) groups excluding carboxylic acids is 1. The number of aliphatic hydroxyl groups excluding tert-OH is 1. The molecule has 94 valence electrons. The van der Waals surface area contributed by atoms with Gasteiger partial charge in [-0.05, 0) is 30.9 Å². The largest absolute Gasteiger partial charge is 0.396 e. The lowest BCUT2D eigenvalue weighted by molar-refractivity contribution is -0.126. The molecule has 0 saturated carbocycles. The van der Waals surface area contributed by atoms with Crippen molar-refractivity contribution in [3.8, 4) is 11.8 Å². The van der Waals surface area contributed by atoms with Gasteiger partial charge >= 0.3 is 0 Å². The zero-order chi connectivity index (χ0) is 12.8. The molecule has 1 aliphatic heterocycles. The summed E-state index contributed by atoms with van der Waals surface area (Å²) in [7, 11) is 0. The van der Waals surface area contributed by atoms with Gasteiger partial charge < -0.3 is 10.0 Å². The molecule has 1 amide bonds. The fourth-order valence-electron chi connectivity index (χ4n) is 2.04. The van der Waals surface area contributed by atoms with Gasteiger partial charge in [-0.15, -0.1) is 0 Å². The number of amides is 1. The molecule has 1 saturated heterocycles. The van der Waals surface area contributed by atoms with E-state index in [2.05, 4.69) is 11.8 Å². The van der Waals surface area contributed by atoms with Crippen LogP contribution in [0, 0.1) is 17.8 Å². The maximum atomic E-state index is 11.9. The number of nitrogens with zero attached hydrogens (tertiary/aromatic N) is 1. The minimum atomic E-state index is -0.116. The van der Waals surface area contributed by atoms with Gasteiger partial charge in [0.2, 0.25) is 0 Å². The molecule has 0 atom stereocenters. The number of likely N-dealkylation sites (tertiary alicyclic amines) is 1. The molecule has 0 aromatic heterocycles. The molecule has 1 fully saturated rings. The lowest BCUT2D eigenvalue weighted by Crippen LogP contribution is -2.38. The van der Waals surface area contributed by atoms with Crippen molar-refractivity contribution in [1.29, 1.82) is 0 Å². The van der Waals surface area contributed by atoms with E-state index in [1.165, 1.54) is 0 Å². The molecule has 1 aromatic rings. The van der Waals surface area contributed by atoms with Crippen LogP contribution in [0.15, 0.2) is 30.3 Å². The third kappa shape index (κ3) is 3.35. The van der Waals surface area contributed by atoms with E-state index in [0.29, 0.717) is 19.0 Å². The second kappa shape index (κ2) is 6.23. The second-order valence-corrected chi connectivity index (χ2v) is 4.53. The van der Waals surface area contributed by atoms with Crippen LogP contribution < -0.4 is 0 Å². The Labute approximate surface area is 107 Å². The standard InChI is InChI=1S/C15H17NO2/c17-12-14-8-10-16(11-9-14)15(18)7-6-13-4-2-1-3-5-13/h1-5,14,17H,8-12H2. The lowest BCUT2D eigenvalue weighted by Gasteiger charge is -2.29. The third-order valence-electron chi connectivity index (χ3n) is 3.25. The van der Waals surface area contributed by atoms with Crippen molar-refractivity contribution in [1.82, 2.24) is 4.90 Å². The Morgan fingerprint density at radius 1 is 1.28 bits per heavy atom. The number of benzene rings is 1. The van der Waals surface area contributed by atoms with Crippen molar-refractivity contribution < 1.29 is 9.90 Å². The average Bonchev–Trinajstić information content (AvgIpc) is 2.46. The molecule has 0 aliphatic carbocycles. The molecule has 18 heavy (non-hydrogen) atoms. The quantitative estimate of drug-likeness (QED) is 0.755. The first-order chi connectivity index (χ1) is 8.79. The molecule has 1 aromatic carbocycles. The summed E-state index contributed by atoms with van der Waals surface area (Å²) in [4.78, 5) is 13.6. The van der Waals surface area contributed by atoms with Crippen molar-refractivity contribution in [2.75, 3.05) is 19.7 Å². The SMILES string of the molecule is O=C(C#Cc1ccccc1)N1CCC(CO)CC1. The molecule has 1 heterocycles. The zero-order valence-corrected chi connectivity index (χ0v) is 10.3. The van der Waals surface area contributed by atoms with Gasteiger partial charge in [0.15, 0.2) is 0 Å². The van der Waals surface area contributed by atoms with Crippen LogP contribution in [0.1, 0.15) is 18.4 Å². The first-order valence-electron chi connectivity index (χ1n) is 6.26. The molecule has 1 aliphatic rings. The number of piperidine rings is 1. The molecule has 2 rings (SSSR count). The Bertz CT molecular complexity index is 450. The molecule has 0 unspecified atom stereocenters. The van der Waals surface area contributed by atoms with E-state index in [1.54, 1.807) is 4.90 Å². The predicted molar refractivity (Wildman–Crippen MR) is 69.7 cm³/mol. The first kappa shape index (κ1) is 12.7. The van der Waals surface area contributed by atoms with E-state index in [4.69, 9.17) is 5.11 Å². The molecule has 3 nitrogen and oxygen atoms in total. The van der Waals surface area contributed by atoms with Gasteiger partial charge in [0, 0.05) is 31.2 Å². The van der Waals surface area contributed by atoms with Crippen molar-refractivity contribution in [2.24, 2.45) is 5.92 Å². The van der Waals surface area contributed by atoms with Crippen LogP contribution in [0.2, 0.25) is 0 Å². The summed E-state index contributed by atoms with van der Waals surface area (Å²) in [6.07, 6.45) is 1.74. The molecule has 3 heteroatoms. The van der Waals surface area contributed by atoms with Crippen LogP contribution >= 0.6 is 0 Å². The number of rotatable bonds is 1. The Balaban J connectivity index is 1.92. The lowest BCUT2D eigenvalue weighted by atomic mass is 9.98. The Morgan fingerprint density at radius 2 is 1.94 bits per heavy atom. The molecule has 0 radical (unpaired) electrons. The van der Waals surface area contributed by atoms with E-state index >= 15 is 0 Å². The van der Waals surface area contributed by atoms with Gasteiger partial charge in [-0.25, -0.2) is 0 Å². The van der Waals surface area contributed by atoms with E-state index < -0.39 is 0 Å². The number of hydrogen-bond donors (Lipinski definition) is 1. The molecule has 1 N–H and O–H groups in total. The zero-order valence-electron chi connectivity index (χ0n) is 10.3. The number of hydrogen-bond acceptors (Lipinski definition) is 2. The average molecular weight is 243 g/mol. The highest BCUT2D eigenvalue weighted by molar-refractivity contribution is 5.94. The van der Waals surface area contributed by atoms with Gasteiger partial charge in [-0.3, -0.25) is 4.79 Å². The summed E-state index contributed by atoms with van der Waals surface area (Å²) in [5.41, 5.74) is 0.857. The van der Waals surface area contributed by atoms with Crippen LogP contribution in [0.5, 0.6) is 0 Å². The Hall–Kier alpha value is -1.79. The molecule has 0 spiro atoms. The van der Waals surface area contributed by atoms with Crippen LogP contribution in [0.3, 0.4) is 0 Å². The van der Waals surface area contributed by atoms with Crippen LogP contribution in [-0.4, -0.2) is 35.6 Å². The van der Waals surface area contributed by atoms with E-state index in [0.717, 1.165) is 18.4 Å². The van der Waals surface area contributed by atoms with Crippen LogP contribution in [0.4, 0.5) is 0 Å². The predicted octanol–water partition coefficient (Wildman–Crippen LogP) is 1.27.